The van der Waals surface area contributed by atoms with Crippen LogP contribution in [0.15, 0.2) is 0 Å². The van der Waals surface area contributed by atoms with E-state index < -0.39 is 6.03 Å². The molecule has 0 spiro atoms. The van der Waals surface area contributed by atoms with Crippen LogP contribution in [0.25, 0.3) is 0 Å². The lowest BCUT2D eigenvalue weighted by atomic mass is 10.5. The average molecular weight is 148 g/mol. The van der Waals surface area contributed by atoms with E-state index in [0.29, 0.717) is 6.42 Å². The average Bonchev–Trinajstić information content (AvgIpc) is 1.85. The van der Waals surface area contributed by atoms with Crippen molar-refractivity contribution in [2.45, 2.75) is 13.3 Å². The number of hydrogen-bond acceptors (Lipinski definition) is 3. The number of amides is 3. The molecule has 0 aromatic carbocycles. The Hall–Kier alpha value is -1.30. The highest BCUT2D eigenvalue weighted by Gasteiger charge is 1.85. The Labute approximate surface area is 58.7 Å². The number of nitrogens with one attached hydrogen (secondary N) is 1. The second-order valence-corrected chi connectivity index (χ2v) is 1.32. The Morgan fingerprint density at radius 1 is 1.40 bits per heavy atom. The molecule has 6 heteroatoms. The lowest BCUT2D eigenvalue weighted by Gasteiger charge is -1.87. The molecular weight excluding hydrogens is 136 g/mol. The quantitative estimate of drug-likeness (QED) is 0.203. The van der Waals surface area contributed by atoms with E-state index >= 15 is 0 Å². The number of nitrogens with two attached hydrogens (primary N) is 3. The van der Waals surface area contributed by atoms with Crippen LogP contribution < -0.4 is 22.7 Å². The number of rotatable bonds is 1. The minimum Gasteiger partial charge on any atom is -0.352 e. The summed E-state index contributed by atoms with van der Waals surface area (Å²) in [5.74, 6) is 4.55. The van der Waals surface area contributed by atoms with Gasteiger partial charge in [-0.3, -0.25) is 10.2 Å². The van der Waals surface area contributed by atoms with Crippen molar-refractivity contribution < 1.29 is 9.59 Å². The van der Waals surface area contributed by atoms with E-state index in [0.717, 1.165) is 0 Å². The van der Waals surface area contributed by atoms with Gasteiger partial charge in [0.1, 0.15) is 0 Å². The molecule has 6 nitrogen and oxygen atoms in total. The third-order valence-electron chi connectivity index (χ3n) is 0.482. The molecule has 0 saturated heterocycles. The van der Waals surface area contributed by atoms with Crippen molar-refractivity contribution in [1.82, 2.24) is 5.43 Å². The maximum Gasteiger partial charge on any atom is 0.309 e. The molecule has 7 N–H and O–H groups in total. The highest BCUT2D eigenvalue weighted by atomic mass is 16.2. The molecule has 0 aliphatic rings. The van der Waals surface area contributed by atoms with Gasteiger partial charge in [-0.1, -0.05) is 6.92 Å². The summed E-state index contributed by atoms with van der Waals surface area (Å²) in [5.41, 5.74) is 10.5. The van der Waals surface area contributed by atoms with Gasteiger partial charge in [0.25, 0.3) is 0 Å². The Bertz CT molecular complexity index is 104. The number of hydrazine groups is 1. The van der Waals surface area contributed by atoms with Gasteiger partial charge in [-0.2, -0.15) is 0 Å². The summed E-state index contributed by atoms with van der Waals surface area (Å²) in [6, 6.07) is -0.833. The summed E-state index contributed by atoms with van der Waals surface area (Å²) >= 11 is 0. The van der Waals surface area contributed by atoms with Crippen molar-refractivity contribution in [2.75, 3.05) is 0 Å². The maximum atomic E-state index is 9.94. The van der Waals surface area contributed by atoms with Gasteiger partial charge in [0.05, 0.1) is 0 Å². The Morgan fingerprint density at radius 2 is 1.70 bits per heavy atom. The van der Waals surface area contributed by atoms with E-state index in [9.17, 15) is 4.79 Å². The van der Waals surface area contributed by atoms with Gasteiger partial charge < -0.3 is 11.5 Å². The first kappa shape index (κ1) is 11.5. The molecule has 0 unspecified atom stereocenters. The summed E-state index contributed by atoms with van der Waals surface area (Å²) in [7, 11) is 0. The SMILES string of the molecule is CCC(=O)NN.NC(N)=O. The summed E-state index contributed by atoms with van der Waals surface area (Å²) in [6.45, 7) is 1.74. The normalized spacial score (nSPS) is 7.00. The summed E-state index contributed by atoms with van der Waals surface area (Å²) in [4.78, 5) is 18.9. The zero-order valence-electron chi connectivity index (χ0n) is 5.76. The molecule has 10 heavy (non-hydrogen) atoms. The van der Waals surface area contributed by atoms with Gasteiger partial charge in [-0.05, 0) is 0 Å². The molecular formula is C4H12N4O2. The maximum absolute atomic E-state index is 9.94. The monoisotopic (exact) mass is 148 g/mol. The second-order valence-electron chi connectivity index (χ2n) is 1.32. The predicted octanol–water partition coefficient (Wildman–Crippen LogP) is -1.59. The predicted molar refractivity (Wildman–Crippen MR) is 36.4 cm³/mol. The van der Waals surface area contributed by atoms with Gasteiger partial charge in [-0.25, -0.2) is 10.6 Å². The largest absolute Gasteiger partial charge is 0.352 e. The van der Waals surface area contributed by atoms with Crippen LogP contribution in [0.4, 0.5) is 4.79 Å². The Morgan fingerprint density at radius 3 is 1.70 bits per heavy atom. The van der Waals surface area contributed by atoms with E-state index in [4.69, 9.17) is 4.79 Å². The summed E-state index contributed by atoms with van der Waals surface area (Å²) in [5, 5.41) is 0. The molecule has 3 amide bonds. The van der Waals surface area contributed by atoms with E-state index in [-0.39, 0.29) is 5.91 Å². The van der Waals surface area contributed by atoms with E-state index in [1.165, 1.54) is 0 Å². The first-order valence-corrected chi connectivity index (χ1v) is 2.58. The molecule has 0 heterocycles. The number of urea groups is 1. The zero-order chi connectivity index (χ0) is 8.57. The second kappa shape index (κ2) is 7.70. The molecule has 0 aromatic heterocycles. The fraction of sp³-hybridized carbons (Fsp3) is 0.500. The van der Waals surface area contributed by atoms with Crippen LogP contribution in [0.5, 0.6) is 0 Å². The number of carbonyl (C=O) groups excluding carboxylic acids is 2. The molecule has 0 aromatic rings. The number of primary amides is 2. The van der Waals surface area contributed by atoms with Crippen molar-refractivity contribution in [3.8, 4) is 0 Å². The molecule has 0 aliphatic heterocycles. The molecule has 0 radical (unpaired) electrons. The minimum atomic E-state index is -0.833. The van der Waals surface area contributed by atoms with Crippen molar-refractivity contribution in [2.24, 2.45) is 17.3 Å². The first-order chi connectivity index (χ1) is 4.54. The molecule has 0 aliphatic carbocycles. The van der Waals surface area contributed by atoms with Crippen molar-refractivity contribution in [1.29, 1.82) is 0 Å². The third kappa shape index (κ3) is 29.9. The van der Waals surface area contributed by atoms with Gasteiger partial charge in [0.2, 0.25) is 5.91 Å². The lowest BCUT2D eigenvalue weighted by molar-refractivity contribution is -0.120. The van der Waals surface area contributed by atoms with Crippen LogP contribution in [0, 0.1) is 0 Å². The lowest BCUT2D eigenvalue weighted by Crippen LogP contribution is -2.28. The fourth-order valence-corrected chi connectivity index (χ4v) is 0.102. The molecule has 0 bridgehead atoms. The van der Waals surface area contributed by atoms with Crippen LogP contribution in [0.2, 0.25) is 0 Å². The molecule has 60 valence electrons. The van der Waals surface area contributed by atoms with E-state index in [2.05, 4.69) is 17.3 Å². The summed E-state index contributed by atoms with van der Waals surface area (Å²) < 4.78 is 0. The van der Waals surface area contributed by atoms with Gasteiger partial charge in [0, 0.05) is 6.42 Å². The molecule has 0 atom stereocenters. The van der Waals surface area contributed by atoms with Crippen molar-refractivity contribution in [3.63, 3.8) is 0 Å². The van der Waals surface area contributed by atoms with Crippen LogP contribution in [-0.2, 0) is 4.79 Å². The van der Waals surface area contributed by atoms with Crippen LogP contribution >= 0.6 is 0 Å². The Balaban J connectivity index is 0. The van der Waals surface area contributed by atoms with Crippen LogP contribution in [0.1, 0.15) is 13.3 Å². The smallest absolute Gasteiger partial charge is 0.309 e. The first-order valence-electron chi connectivity index (χ1n) is 2.58. The van der Waals surface area contributed by atoms with Gasteiger partial charge in [-0.15, -0.1) is 0 Å². The van der Waals surface area contributed by atoms with Crippen molar-refractivity contribution in [3.05, 3.63) is 0 Å². The molecule has 0 fully saturated rings. The third-order valence-corrected chi connectivity index (χ3v) is 0.482. The van der Waals surface area contributed by atoms with Crippen LogP contribution in [-0.4, -0.2) is 11.9 Å². The molecule has 0 saturated carbocycles. The highest BCUT2D eigenvalue weighted by Crippen LogP contribution is 1.66. The summed E-state index contributed by atoms with van der Waals surface area (Å²) in [6.07, 6.45) is 0.455. The zero-order valence-corrected chi connectivity index (χ0v) is 5.76. The van der Waals surface area contributed by atoms with Gasteiger partial charge >= 0.3 is 6.03 Å². The van der Waals surface area contributed by atoms with Crippen LogP contribution in [0.3, 0.4) is 0 Å². The van der Waals surface area contributed by atoms with E-state index in [1.54, 1.807) is 6.92 Å². The standard InChI is InChI=1S/C3H8N2O.CH4N2O/c1-2-3(6)5-4;2-1(3)4/h2,4H2,1H3,(H,5,6);(H4,2,3,4). The van der Waals surface area contributed by atoms with Gasteiger partial charge in [0.15, 0.2) is 0 Å². The minimum absolute atomic E-state index is 0.130. The molecule has 0 rings (SSSR count). The highest BCUT2D eigenvalue weighted by molar-refractivity contribution is 5.74. The fourth-order valence-electron chi connectivity index (χ4n) is 0.102. The topological polar surface area (TPSA) is 124 Å². The number of carbonyl (C=O) groups is 2. The number of hydrogen-bond donors (Lipinski definition) is 4. The van der Waals surface area contributed by atoms with Crippen molar-refractivity contribution >= 4 is 11.9 Å². The Kier molecular flexibility index (Phi) is 8.85. The van der Waals surface area contributed by atoms with E-state index in [1.807, 2.05) is 5.43 Å².